The summed E-state index contributed by atoms with van der Waals surface area (Å²) in [5.74, 6) is -0.331. The summed E-state index contributed by atoms with van der Waals surface area (Å²) in [6, 6.07) is 22.4. The zero-order valence-corrected chi connectivity index (χ0v) is 20.2. The summed E-state index contributed by atoms with van der Waals surface area (Å²) in [6.45, 7) is 1.92. The van der Waals surface area contributed by atoms with Gasteiger partial charge < -0.3 is 11.1 Å². The third-order valence-electron chi connectivity index (χ3n) is 4.93. The molecule has 0 aliphatic heterocycles. The molecule has 0 amide bonds. The van der Waals surface area contributed by atoms with Crippen molar-refractivity contribution in [2.75, 3.05) is 11.1 Å². The van der Waals surface area contributed by atoms with Gasteiger partial charge in [-0.25, -0.2) is 8.42 Å². The summed E-state index contributed by atoms with van der Waals surface area (Å²) in [5, 5.41) is 3.50. The standard InChI is InChI=1S/C24H19BrN2O3S2/c1-15-7-5-6-10-19(15)27-24-23(32(29,30)18-8-3-2-4-9-18)20(26)22(31-24)21(28)16-11-13-17(25)14-12-16/h2-14,27H,26H2,1H3. The number of ketones is 1. The molecule has 162 valence electrons. The fourth-order valence-corrected chi connectivity index (χ4v) is 6.44. The summed E-state index contributed by atoms with van der Waals surface area (Å²) in [6.07, 6.45) is 0. The first-order chi connectivity index (χ1) is 15.3. The van der Waals surface area contributed by atoms with Gasteiger partial charge in [-0.05, 0) is 55.0 Å². The van der Waals surface area contributed by atoms with E-state index in [9.17, 15) is 13.2 Å². The summed E-state index contributed by atoms with van der Waals surface area (Å²) < 4.78 is 27.9. The van der Waals surface area contributed by atoms with Gasteiger partial charge in [-0.15, -0.1) is 11.3 Å². The summed E-state index contributed by atoms with van der Waals surface area (Å²) in [5.41, 5.74) is 8.39. The van der Waals surface area contributed by atoms with Gasteiger partial charge in [-0.2, -0.15) is 0 Å². The van der Waals surface area contributed by atoms with E-state index in [0.29, 0.717) is 10.6 Å². The van der Waals surface area contributed by atoms with Crippen LogP contribution in [0, 0.1) is 6.92 Å². The molecule has 0 radical (unpaired) electrons. The van der Waals surface area contributed by atoms with Crippen LogP contribution in [0.25, 0.3) is 0 Å². The molecule has 0 saturated carbocycles. The van der Waals surface area contributed by atoms with Crippen molar-refractivity contribution in [3.63, 3.8) is 0 Å². The molecule has 0 unspecified atom stereocenters. The van der Waals surface area contributed by atoms with Crippen LogP contribution in [0.15, 0.2) is 93.1 Å². The average molecular weight is 527 g/mol. The molecule has 32 heavy (non-hydrogen) atoms. The normalized spacial score (nSPS) is 11.3. The summed E-state index contributed by atoms with van der Waals surface area (Å²) in [4.78, 5) is 13.4. The maximum Gasteiger partial charge on any atom is 0.211 e. The number of carbonyl (C=O) groups is 1. The number of benzene rings is 3. The van der Waals surface area contributed by atoms with Crippen molar-refractivity contribution in [2.24, 2.45) is 0 Å². The number of rotatable bonds is 6. The molecule has 8 heteroatoms. The molecule has 0 spiro atoms. The van der Waals surface area contributed by atoms with E-state index in [1.807, 2.05) is 31.2 Å². The number of halogens is 1. The first-order valence-electron chi connectivity index (χ1n) is 9.64. The number of carbonyl (C=O) groups excluding carboxylic acids is 1. The Bertz CT molecular complexity index is 1400. The van der Waals surface area contributed by atoms with Crippen molar-refractivity contribution >= 4 is 59.3 Å². The second-order valence-electron chi connectivity index (χ2n) is 7.10. The van der Waals surface area contributed by atoms with E-state index in [0.717, 1.165) is 27.1 Å². The molecular weight excluding hydrogens is 508 g/mol. The number of nitrogens with one attached hydrogen (secondary N) is 1. The Kier molecular flexibility index (Phi) is 6.19. The van der Waals surface area contributed by atoms with Crippen LogP contribution >= 0.6 is 27.3 Å². The Morgan fingerprint density at radius 3 is 2.22 bits per heavy atom. The Balaban J connectivity index is 1.89. The zero-order valence-electron chi connectivity index (χ0n) is 17.0. The van der Waals surface area contributed by atoms with Crippen molar-refractivity contribution in [3.05, 3.63) is 99.3 Å². The predicted octanol–water partition coefficient (Wildman–Crippen LogP) is 6.21. The highest BCUT2D eigenvalue weighted by Gasteiger charge is 2.31. The zero-order chi connectivity index (χ0) is 22.9. The number of hydrogen-bond donors (Lipinski definition) is 2. The number of hydrogen-bond acceptors (Lipinski definition) is 6. The lowest BCUT2D eigenvalue weighted by atomic mass is 10.1. The van der Waals surface area contributed by atoms with Gasteiger partial charge in [-0.3, -0.25) is 4.79 Å². The van der Waals surface area contributed by atoms with Gasteiger partial charge in [0, 0.05) is 15.7 Å². The molecular formula is C24H19BrN2O3S2. The Morgan fingerprint density at radius 2 is 1.56 bits per heavy atom. The van der Waals surface area contributed by atoms with E-state index in [2.05, 4.69) is 21.2 Å². The fourth-order valence-electron chi connectivity index (χ4n) is 3.23. The third-order valence-corrected chi connectivity index (χ3v) is 8.56. The Hall–Kier alpha value is -2.94. The van der Waals surface area contributed by atoms with Crippen LogP contribution in [-0.4, -0.2) is 14.2 Å². The minimum absolute atomic E-state index is 0.0529. The van der Waals surface area contributed by atoms with Gasteiger partial charge in [0.1, 0.15) is 14.8 Å². The first-order valence-corrected chi connectivity index (χ1v) is 12.7. The number of nitrogen functional groups attached to an aromatic ring is 1. The van der Waals surface area contributed by atoms with Gasteiger partial charge in [-0.1, -0.05) is 52.3 Å². The van der Waals surface area contributed by atoms with Crippen LogP contribution in [0.2, 0.25) is 0 Å². The van der Waals surface area contributed by atoms with Gasteiger partial charge in [0.25, 0.3) is 0 Å². The maximum absolute atomic E-state index is 13.5. The molecule has 4 aromatic rings. The van der Waals surface area contributed by atoms with Gasteiger partial charge >= 0.3 is 0 Å². The highest BCUT2D eigenvalue weighted by Crippen LogP contribution is 2.44. The molecule has 0 fully saturated rings. The predicted molar refractivity (Wildman–Crippen MR) is 133 cm³/mol. The van der Waals surface area contributed by atoms with Crippen LogP contribution in [0.1, 0.15) is 20.8 Å². The molecule has 3 N–H and O–H groups in total. The van der Waals surface area contributed by atoms with Crippen molar-refractivity contribution in [1.29, 1.82) is 0 Å². The van der Waals surface area contributed by atoms with Crippen molar-refractivity contribution < 1.29 is 13.2 Å². The lowest BCUT2D eigenvalue weighted by Gasteiger charge is -2.11. The van der Waals surface area contributed by atoms with E-state index >= 15 is 0 Å². The second kappa shape index (κ2) is 8.90. The fraction of sp³-hybridized carbons (Fsp3) is 0.0417. The lowest BCUT2D eigenvalue weighted by Crippen LogP contribution is -2.08. The number of aryl methyl sites for hydroxylation is 1. The number of anilines is 3. The molecule has 0 aliphatic rings. The average Bonchev–Trinajstić information content (AvgIpc) is 3.12. The number of thiophene rings is 1. The van der Waals surface area contributed by atoms with E-state index in [-0.39, 0.29) is 26.1 Å². The van der Waals surface area contributed by atoms with Crippen molar-refractivity contribution in [1.82, 2.24) is 0 Å². The quantitative estimate of drug-likeness (QED) is 0.291. The minimum Gasteiger partial charge on any atom is -0.396 e. The van der Waals surface area contributed by atoms with E-state index in [1.165, 1.54) is 12.1 Å². The smallest absolute Gasteiger partial charge is 0.211 e. The first kappa shape index (κ1) is 22.3. The number of nitrogens with two attached hydrogens (primary N) is 1. The molecule has 5 nitrogen and oxygen atoms in total. The van der Waals surface area contributed by atoms with Crippen molar-refractivity contribution in [2.45, 2.75) is 16.7 Å². The van der Waals surface area contributed by atoms with Crippen LogP contribution in [0.3, 0.4) is 0 Å². The molecule has 0 bridgehead atoms. The summed E-state index contributed by atoms with van der Waals surface area (Å²) >= 11 is 4.40. The minimum atomic E-state index is -3.97. The van der Waals surface area contributed by atoms with Crippen LogP contribution in [0.5, 0.6) is 0 Å². The van der Waals surface area contributed by atoms with Crippen LogP contribution in [0.4, 0.5) is 16.4 Å². The SMILES string of the molecule is Cc1ccccc1Nc1sc(C(=O)c2ccc(Br)cc2)c(N)c1S(=O)(=O)c1ccccc1. The van der Waals surface area contributed by atoms with Crippen molar-refractivity contribution in [3.8, 4) is 0 Å². The molecule has 3 aromatic carbocycles. The number of para-hydroxylation sites is 1. The molecule has 0 saturated heterocycles. The Morgan fingerprint density at radius 1 is 0.938 bits per heavy atom. The van der Waals surface area contributed by atoms with Gasteiger partial charge in [0.15, 0.2) is 0 Å². The molecule has 1 heterocycles. The van der Waals surface area contributed by atoms with Gasteiger partial charge in [0.05, 0.1) is 10.6 Å². The van der Waals surface area contributed by atoms with E-state index in [1.54, 1.807) is 42.5 Å². The monoisotopic (exact) mass is 526 g/mol. The second-order valence-corrected chi connectivity index (χ2v) is 10.9. The maximum atomic E-state index is 13.5. The van der Waals surface area contributed by atoms with E-state index in [4.69, 9.17) is 5.73 Å². The van der Waals surface area contributed by atoms with Crippen LogP contribution in [-0.2, 0) is 9.84 Å². The largest absolute Gasteiger partial charge is 0.396 e. The molecule has 1 aromatic heterocycles. The number of sulfone groups is 1. The molecule has 4 rings (SSSR count). The third kappa shape index (κ3) is 4.21. The topological polar surface area (TPSA) is 89.3 Å². The highest BCUT2D eigenvalue weighted by atomic mass is 79.9. The molecule has 0 atom stereocenters. The van der Waals surface area contributed by atoms with E-state index < -0.39 is 9.84 Å². The molecule has 0 aliphatic carbocycles. The summed E-state index contributed by atoms with van der Waals surface area (Å²) in [7, 11) is -3.97. The van der Waals surface area contributed by atoms with Gasteiger partial charge in [0.2, 0.25) is 15.6 Å². The Labute approximate surface area is 199 Å². The van der Waals surface area contributed by atoms with Crippen LogP contribution < -0.4 is 11.1 Å². The highest BCUT2D eigenvalue weighted by molar-refractivity contribution is 9.10. The lowest BCUT2D eigenvalue weighted by molar-refractivity contribution is 0.104.